The molecule has 1 N–H and O–H groups in total. The first kappa shape index (κ1) is 18.4. The molecule has 0 spiro atoms. The molecule has 1 aromatic heterocycles. The van der Waals surface area contributed by atoms with Gasteiger partial charge in [-0.15, -0.1) is 0 Å². The molecule has 26 heavy (non-hydrogen) atoms. The van der Waals surface area contributed by atoms with Crippen LogP contribution >= 0.6 is 0 Å². The van der Waals surface area contributed by atoms with Gasteiger partial charge in [-0.05, 0) is 31.5 Å². The molecule has 0 radical (unpaired) electrons. The lowest BCUT2D eigenvalue weighted by molar-refractivity contribution is 0.538. The number of aromatic nitrogens is 1. The second-order valence-corrected chi connectivity index (χ2v) is 8.08. The smallest absolute Gasteiger partial charge is 0.226 e. The summed E-state index contributed by atoms with van der Waals surface area (Å²) < 4.78 is 32.7. The van der Waals surface area contributed by atoms with Crippen LogP contribution in [0.4, 0.5) is 0 Å². The first-order valence-corrected chi connectivity index (χ1v) is 10.1. The number of nitrogens with zero attached hydrogens (tertiary/aromatic N) is 1. The maximum absolute atomic E-state index is 12.2. The molecule has 0 unspecified atom stereocenters. The largest absolute Gasteiger partial charge is 0.441 e. The molecule has 0 fully saturated rings. The molecule has 0 saturated carbocycles. The Kier molecular flexibility index (Phi) is 5.54. The predicted octanol–water partition coefficient (Wildman–Crippen LogP) is 3.62. The highest BCUT2D eigenvalue weighted by atomic mass is 32.2. The Balaban J connectivity index is 1.60. The molecule has 0 saturated heterocycles. The van der Waals surface area contributed by atoms with Crippen LogP contribution in [0, 0.1) is 13.8 Å². The second-order valence-electron chi connectivity index (χ2n) is 6.28. The van der Waals surface area contributed by atoms with Crippen molar-refractivity contribution in [1.29, 1.82) is 0 Å². The third-order valence-corrected chi connectivity index (χ3v) is 5.43. The van der Waals surface area contributed by atoms with Crippen LogP contribution in [0.2, 0.25) is 0 Å². The molecule has 3 rings (SSSR count). The summed E-state index contributed by atoms with van der Waals surface area (Å²) in [7, 11) is -3.38. The van der Waals surface area contributed by atoms with Crippen molar-refractivity contribution in [3.05, 3.63) is 77.2 Å². The van der Waals surface area contributed by atoms with Crippen molar-refractivity contribution < 1.29 is 12.8 Å². The molecule has 0 aliphatic rings. The van der Waals surface area contributed by atoms with Crippen LogP contribution in [0.1, 0.15) is 22.6 Å². The zero-order chi connectivity index (χ0) is 18.6. The first-order chi connectivity index (χ1) is 12.4. The zero-order valence-corrected chi connectivity index (χ0v) is 15.7. The molecule has 0 atom stereocenters. The summed E-state index contributed by atoms with van der Waals surface area (Å²) in [4.78, 5) is 4.51. The molecular weight excluding hydrogens is 348 g/mol. The van der Waals surface area contributed by atoms with Crippen molar-refractivity contribution in [3.8, 4) is 11.5 Å². The average molecular weight is 370 g/mol. The number of hydrogen-bond donors (Lipinski definition) is 1. The van der Waals surface area contributed by atoms with Crippen LogP contribution in [0.5, 0.6) is 0 Å². The highest BCUT2D eigenvalue weighted by molar-refractivity contribution is 7.88. The van der Waals surface area contributed by atoms with Crippen LogP contribution in [0.25, 0.3) is 11.5 Å². The lowest BCUT2D eigenvalue weighted by Gasteiger charge is -2.06. The van der Waals surface area contributed by atoms with Gasteiger partial charge in [-0.3, -0.25) is 0 Å². The third kappa shape index (κ3) is 4.80. The molecule has 3 aromatic rings. The lowest BCUT2D eigenvalue weighted by Crippen LogP contribution is -2.27. The maximum Gasteiger partial charge on any atom is 0.226 e. The van der Waals surface area contributed by atoms with E-state index >= 15 is 0 Å². The van der Waals surface area contributed by atoms with Gasteiger partial charge in [0.15, 0.2) is 0 Å². The highest BCUT2D eigenvalue weighted by Gasteiger charge is 2.14. The van der Waals surface area contributed by atoms with E-state index in [1.165, 1.54) is 5.56 Å². The van der Waals surface area contributed by atoms with Gasteiger partial charge in [-0.25, -0.2) is 18.1 Å². The van der Waals surface area contributed by atoms with Gasteiger partial charge in [-0.1, -0.05) is 48.0 Å². The molecule has 0 aliphatic carbocycles. The first-order valence-electron chi connectivity index (χ1n) is 8.47. The van der Waals surface area contributed by atoms with Gasteiger partial charge in [0.1, 0.15) is 5.76 Å². The number of aryl methyl sites for hydroxylation is 2. The van der Waals surface area contributed by atoms with Crippen molar-refractivity contribution in [2.75, 3.05) is 6.54 Å². The highest BCUT2D eigenvalue weighted by Crippen LogP contribution is 2.22. The van der Waals surface area contributed by atoms with Crippen molar-refractivity contribution in [1.82, 2.24) is 9.71 Å². The minimum Gasteiger partial charge on any atom is -0.441 e. The van der Waals surface area contributed by atoms with E-state index in [-0.39, 0.29) is 12.3 Å². The Labute approximate surface area is 154 Å². The fraction of sp³-hybridized carbons (Fsp3) is 0.250. The Bertz CT molecular complexity index is 962. The monoisotopic (exact) mass is 370 g/mol. The Morgan fingerprint density at radius 1 is 1.00 bits per heavy atom. The van der Waals surface area contributed by atoms with Crippen LogP contribution in [0.3, 0.4) is 0 Å². The predicted molar refractivity (Wildman–Crippen MR) is 102 cm³/mol. The number of nitrogens with one attached hydrogen (secondary N) is 1. The van der Waals surface area contributed by atoms with Gasteiger partial charge in [0, 0.05) is 18.5 Å². The van der Waals surface area contributed by atoms with Gasteiger partial charge >= 0.3 is 0 Å². The maximum atomic E-state index is 12.2. The van der Waals surface area contributed by atoms with E-state index in [4.69, 9.17) is 4.42 Å². The zero-order valence-electron chi connectivity index (χ0n) is 14.9. The minimum atomic E-state index is -3.38. The van der Waals surface area contributed by atoms with E-state index in [2.05, 4.69) is 9.71 Å². The number of oxazole rings is 1. The average Bonchev–Trinajstić information content (AvgIpc) is 2.97. The summed E-state index contributed by atoms with van der Waals surface area (Å²) in [6.07, 6.45) is 0.481. The normalized spacial score (nSPS) is 11.6. The summed E-state index contributed by atoms with van der Waals surface area (Å²) in [5, 5.41) is 0. The van der Waals surface area contributed by atoms with Crippen LogP contribution in [0.15, 0.2) is 59.0 Å². The molecule has 0 amide bonds. The fourth-order valence-electron chi connectivity index (χ4n) is 2.65. The SMILES string of the molecule is Cc1ccc(-c2nc(CCNS(=O)(=O)Cc3ccccc3)c(C)o2)cc1. The lowest BCUT2D eigenvalue weighted by atomic mass is 10.1. The van der Waals surface area contributed by atoms with Crippen LogP contribution in [-0.4, -0.2) is 19.9 Å². The van der Waals surface area contributed by atoms with E-state index < -0.39 is 10.0 Å². The number of rotatable bonds is 7. The van der Waals surface area contributed by atoms with E-state index in [9.17, 15) is 8.42 Å². The molecule has 5 nitrogen and oxygen atoms in total. The van der Waals surface area contributed by atoms with Crippen molar-refractivity contribution in [2.24, 2.45) is 0 Å². The van der Waals surface area contributed by atoms with Gasteiger partial charge in [0.05, 0.1) is 11.4 Å². The molecular formula is C20H22N2O3S. The molecule has 2 aromatic carbocycles. The second kappa shape index (κ2) is 7.85. The van der Waals surface area contributed by atoms with E-state index in [1.54, 1.807) is 12.1 Å². The number of hydrogen-bond acceptors (Lipinski definition) is 4. The van der Waals surface area contributed by atoms with Crippen molar-refractivity contribution in [2.45, 2.75) is 26.0 Å². The number of benzene rings is 2. The van der Waals surface area contributed by atoms with Crippen molar-refractivity contribution in [3.63, 3.8) is 0 Å². The van der Waals surface area contributed by atoms with Crippen LogP contribution < -0.4 is 4.72 Å². The van der Waals surface area contributed by atoms with Crippen LogP contribution in [-0.2, 0) is 22.2 Å². The van der Waals surface area contributed by atoms with Gasteiger partial charge in [-0.2, -0.15) is 0 Å². The summed E-state index contributed by atoms with van der Waals surface area (Å²) in [5.41, 5.74) is 3.61. The molecule has 0 aliphatic heterocycles. The molecule has 1 heterocycles. The quantitative estimate of drug-likeness (QED) is 0.689. The molecule has 0 bridgehead atoms. The van der Waals surface area contributed by atoms with Gasteiger partial charge in [0.25, 0.3) is 0 Å². The minimum absolute atomic E-state index is 0.0275. The third-order valence-electron chi connectivity index (χ3n) is 4.07. The van der Waals surface area contributed by atoms with E-state index in [1.807, 2.05) is 56.3 Å². The molecule has 6 heteroatoms. The summed E-state index contributed by atoms with van der Waals surface area (Å²) in [5.74, 6) is 1.24. The fourth-order valence-corrected chi connectivity index (χ4v) is 3.80. The Hall–Kier alpha value is -2.44. The summed E-state index contributed by atoms with van der Waals surface area (Å²) in [6, 6.07) is 17.1. The Morgan fingerprint density at radius 2 is 1.69 bits per heavy atom. The standard InChI is InChI=1S/C20H22N2O3S/c1-15-8-10-18(11-9-15)20-22-19(16(2)25-20)12-13-21-26(23,24)14-17-6-4-3-5-7-17/h3-11,21H,12-14H2,1-2H3. The summed E-state index contributed by atoms with van der Waals surface area (Å²) in [6.45, 7) is 4.16. The number of sulfonamides is 1. The van der Waals surface area contributed by atoms with E-state index in [0.29, 0.717) is 18.1 Å². The Morgan fingerprint density at radius 3 is 2.38 bits per heavy atom. The van der Waals surface area contributed by atoms with Crippen molar-refractivity contribution >= 4 is 10.0 Å². The topological polar surface area (TPSA) is 72.2 Å². The summed E-state index contributed by atoms with van der Waals surface area (Å²) >= 11 is 0. The van der Waals surface area contributed by atoms with E-state index in [0.717, 1.165) is 16.8 Å². The van der Waals surface area contributed by atoms with Gasteiger partial charge < -0.3 is 4.42 Å². The van der Waals surface area contributed by atoms with Gasteiger partial charge in [0.2, 0.25) is 15.9 Å². The molecule has 136 valence electrons.